The Kier molecular flexibility index (Phi) is 2.46. The molecule has 1 aromatic heterocycles. The third-order valence-electron chi connectivity index (χ3n) is 1.98. The van der Waals surface area contributed by atoms with Crippen LogP contribution in [0.25, 0.3) is 0 Å². The highest BCUT2D eigenvalue weighted by atomic mass is 15.5. The molecule has 14 heavy (non-hydrogen) atoms. The van der Waals surface area contributed by atoms with E-state index >= 15 is 0 Å². The normalized spacial score (nSPS) is 19.1. The molecule has 0 spiro atoms. The third-order valence-corrected chi connectivity index (χ3v) is 1.98. The Morgan fingerprint density at radius 2 is 2.29 bits per heavy atom. The maximum atomic E-state index is 5.89. The quantitative estimate of drug-likeness (QED) is 0.531. The number of nitrogens with zero attached hydrogens (tertiary/aromatic N) is 2. The Hall–Kier alpha value is -1.81. The van der Waals surface area contributed by atoms with Gasteiger partial charge in [-0.3, -0.25) is 5.01 Å². The molecule has 0 fully saturated rings. The van der Waals surface area contributed by atoms with Gasteiger partial charge in [-0.15, -0.1) is 0 Å². The van der Waals surface area contributed by atoms with Crippen molar-refractivity contribution in [3.05, 3.63) is 48.8 Å². The minimum absolute atomic E-state index is 0.0325. The van der Waals surface area contributed by atoms with Crippen molar-refractivity contribution in [2.45, 2.75) is 6.17 Å². The molecular weight excluding hydrogens is 176 g/mol. The van der Waals surface area contributed by atoms with Crippen molar-refractivity contribution in [2.24, 2.45) is 5.84 Å². The lowest BCUT2D eigenvalue weighted by atomic mass is 10.3. The lowest BCUT2D eigenvalue weighted by Crippen LogP contribution is -2.48. The first-order valence-electron chi connectivity index (χ1n) is 4.42. The van der Waals surface area contributed by atoms with E-state index in [-0.39, 0.29) is 6.17 Å². The van der Waals surface area contributed by atoms with Gasteiger partial charge < -0.3 is 5.32 Å². The highest BCUT2D eigenvalue weighted by molar-refractivity contribution is 5.39. The number of aromatic nitrogens is 1. The van der Waals surface area contributed by atoms with Crippen molar-refractivity contribution in [3.8, 4) is 0 Å². The van der Waals surface area contributed by atoms with Crippen LogP contribution in [0.15, 0.2) is 48.8 Å². The lowest BCUT2D eigenvalue weighted by molar-refractivity contribution is 0.638. The van der Waals surface area contributed by atoms with E-state index in [1.54, 1.807) is 11.2 Å². The fourth-order valence-corrected chi connectivity index (χ4v) is 1.26. The first-order chi connectivity index (χ1) is 6.88. The van der Waals surface area contributed by atoms with Gasteiger partial charge in [0.2, 0.25) is 0 Å². The highest BCUT2D eigenvalue weighted by Crippen LogP contribution is 2.09. The number of hydrogen-bond donors (Lipinski definition) is 2. The van der Waals surface area contributed by atoms with Gasteiger partial charge in [-0.1, -0.05) is 12.1 Å². The Morgan fingerprint density at radius 1 is 1.36 bits per heavy atom. The molecule has 0 aromatic carbocycles. The Labute approximate surface area is 82.7 Å². The van der Waals surface area contributed by atoms with E-state index in [1.807, 2.05) is 42.6 Å². The van der Waals surface area contributed by atoms with Crippen LogP contribution >= 0.6 is 0 Å². The molecule has 0 saturated heterocycles. The second kappa shape index (κ2) is 3.93. The maximum Gasteiger partial charge on any atom is 0.144 e. The van der Waals surface area contributed by atoms with Crippen LogP contribution in [0.3, 0.4) is 0 Å². The van der Waals surface area contributed by atoms with E-state index in [4.69, 9.17) is 5.84 Å². The first-order valence-corrected chi connectivity index (χ1v) is 4.42. The molecule has 72 valence electrons. The van der Waals surface area contributed by atoms with Crippen molar-refractivity contribution >= 4 is 5.82 Å². The van der Waals surface area contributed by atoms with Crippen LogP contribution in [-0.4, -0.2) is 11.1 Å². The summed E-state index contributed by atoms with van der Waals surface area (Å²) < 4.78 is 0. The molecule has 2 heterocycles. The van der Waals surface area contributed by atoms with E-state index in [9.17, 15) is 0 Å². The molecule has 3 N–H and O–H groups in total. The standard InChI is InChI=1S/C10H12N4/c11-14(9-5-1-3-7-12-9)10-6-2-4-8-13-10/h1-9,12H,11H2. The van der Waals surface area contributed by atoms with E-state index in [0.717, 1.165) is 5.82 Å². The molecule has 0 amide bonds. The monoisotopic (exact) mass is 188 g/mol. The molecule has 0 bridgehead atoms. The fraction of sp³-hybridized carbons (Fsp3) is 0.100. The molecule has 2 rings (SSSR count). The number of nitrogens with one attached hydrogen (secondary N) is 1. The smallest absolute Gasteiger partial charge is 0.144 e. The van der Waals surface area contributed by atoms with Crippen molar-refractivity contribution < 1.29 is 0 Å². The predicted molar refractivity (Wildman–Crippen MR) is 56.1 cm³/mol. The summed E-state index contributed by atoms with van der Waals surface area (Å²) in [6, 6.07) is 5.64. The van der Waals surface area contributed by atoms with Crippen LogP contribution in [0.4, 0.5) is 5.82 Å². The zero-order chi connectivity index (χ0) is 9.80. The van der Waals surface area contributed by atoms with Crippen LogP contribution in [0.2, 0.25) is 0 Å². The van der Waals surface area contributed by atoms with Gasteiger partial charge in [0.05, 0.1) is 0 Å². The summed E-state index contributed by atoms with van der Waals surface area (Å²) in [6.45, 7) is 0. The number of pyridine rings is 1. The topological polar surface area (TPSA) is 54.2 Å². The van der Waals surface area contributed by atoms with Gasteiger partial charge in [0.15, 0.2) is 0 Å². The fourth-order valence-electron chi connectivity index (χ4n) is 1.26. The molecule has 1 unspecified atom stereocenters. The Bertz CT molecular complexity index is 344. The SMILES string of the molecule is NN(c1ccccn1)C1C=CC=CN1. The van der Waals surface area contributed by atoms with Gasteiger partial charge in [-0.05, 0) is 30.5 Å². The number of allylic oxidation sites excluding steroid dienone is 2. The van der Waals surface area contributed by atoms with Gasteiger partial charge in [0, 0.05) is 6.20 Å². The number of hydrazine groups is 1. The second-order valence-electron chi connectivity index (χ2n) is 2.95. The van der Waals surface area contributed by atoms with Gasteiger partial charge in [0.25, 0.3) is 0 Å². The predicted octanol–water partition coefficient (Wildman–Crippen LogP) is 0.761. The molecule has 0 saturated carbocycles. The minimum Gasteiger partial charge on any atom is -0.367 e. The van der Waals surface area contributed by atoms with Crippen LogP contribution in [-0.2, 0) is 0 Å². The van der Waals surface area contributed by atoms with Crippen LogP contribution in [0.5, 0.6) is 0 Å². The van der Waals surface area contributed by atoms with Crippen LogP contribution in [0.1, 0.15) is 0 Å². The van der Waals surface area contributed by atoms with Crippen LogP contribution < -0.4 is 16.2 Å². The highest BCUT2D eigenvalue weighted by Gasteiger charge is 2.12. The number of nitrogens with two attached hydrogens (primary N) is 1. The first kappa shape index (κ1) is 8.77. The van der Waals surface area contributed by atoms with Crippen molar-refractivity contribution in [2.75, 3.05) is 5.01 Å². The number of anilines is 1. The van der Waals surface area contributed by atoms with Gasteiger partial charge in [-0.25, -0.2) is 10.8 Å². The summed E-state index contributed by atoms with van der Waals surface area (Å²) in [5.74, 6) is 6.63. The van der Waals surface area contributed by atoms with E-state index in [0.29, 0.717) is 0 Å². The largest absolute Gasteiger partial charge is 0.367 e. The van der Waals surface area contributed by atoms with Crippen molar-refractivity contribution in [1.82, 2.24) is 10.3 Å². The van der Waals surface area contributed by atoms with E-state index in [1.165, 1.54) is 0 Å². The number of hydrogen-bond acceptors (Lipinski definition) is 4. The van der Waals surface area contributed by atoms with E-state index < -0.39 is 0 Å². The molecule has 4 nitrogen and oxygen atoms in total. The number of rotatable bonds is 2. The third kappa shape index (κ3) is 1.75. The number of dihydropyridines is 1. The maximum absolute atomic E-state index is 5.89. The zero-order valence-corrected chi connectivity index (χ0v) is 7.67. The van der Waals surface area contributed by atoms with Gasteiger partial charge in [-0.2, -0.15) is 0 Å². The second-order valence-corrected chi connectivity index (χ2v) is 2.95. The molecule has 0 aliphatic carbocycles. The molecule has 0 radical (unpaired) electrons. The molecular formula is C10H12N4. The van der Waals surface area contributed by atoms with Crippen molar-refractivity contribution in [1.29, 1.82) is 0 Å². The van der Waals surface area contributed by atoms with Crippen molar-refractivity contribution in [3.63, 3.8) is 0 Å². The summed E-state index contributed by atoms with van der Waals surface area (Å²) in [4.78, 5) is 4.16. The molecule has 1 aromatic rings. The lowest BCUT2D eigenvalue weighted by Gasteiger charge is -2.27. The summed E-state index contributed by atoms with van der Waals surface area (Å²) in [7, 11) is 0. The van der Waals surface area contributed by atoms with Gasteiger partial charge >= 0.3 is 0 Å². The summed E-state index contributed by atoms with van der Waals surface area (Å²) in [5.41, 5.74) is 0. The Balaban J connectivity index is 2.12. The molecule has 4 heteroatoms. The van der Waals surface area contributed by atoms with Crippen LogP contribution in [0, 0.1) is 0 Å². The van der Waals surface area contributed by atoms with Gasteiger partial charge in [0.1, 0.15) is 12.0 Å². The molecule has 1 atom stereocenters. The Morgan fingerprint density at radius 3 is 2.93 bits per heavy atom. The average Bonchev–Trinajstić information content (AvgIpc) is 2.30. The summed E-state index contributed by atoms with van der Waals surface area (Å²) in [5, 5.41) is 4.69. The molecule has 1 aliphatic rings. The minimum atomic E-state index is -0.0325. The average molecular weight is 188 g/mol. The summed E-state index contributed by atoms with van der Waals surface area (Å²) in [6.07, 6.45) is 9.38. The van der Waals surface area contributed by atoms with E-state index in [2.05, 4.69) is 10.3 Å². The molecule has 1 aliphatic heterocycles. The zero-order valence-electron chi connectivity index (χ0n) is 7.67. The summed E-state index contributed by atoms with van der Waals surface area (Å²) >= 11 is 0.